The third kappa shape index (κ3) is 4.40. The van der Waals surface area contributed by atoms with Gasteiger partial charge in [0, 0.05) is 5.69 Å². The van der Waals surface area contributed by atoms with E-state index in [0.717, 1.165) is 0 Å². The Kier molecular flexibility index (Phi) is 5.05. The summed E-state index contributed by atoms with van der Waals surface area (Å²) in [7, 11) is 0. The number of anilines is 2. The van der Waals surface area contributed by atoms with E-state index in [4.69, 9.17) is 22.1 Å². The molecule has 1 aliphatic carbocycles. The van der Waals surface area contributed by atoms with Crippen molar-refractivity contribution in [3.8, 4) is 0 Å². The van der Waals surface area contributed by atoms with Crippen LogP contribution in [0.3, 0.4) is 0 Å². The number of nitrogens with one attached hydrogen (secondary N) is 1. The van der Waals surface area contributed by atoms with Gasteiger partial charge in [0.2, 0.25) is 5.91 Å². The Morgan fingerprint density at radius 1 is 1.42 bits per heavy atom. The molecule has 3 N–H and O–H groups in total. The molecule has 0 spiro atoms. The normalized spacial score (nSPS) is 15.6. The molecule has 0 bridgehead atoms. The van der Waals surface area contributed by atoms with Crippen LogP contribution in [0.25, 0.3) is 0 Å². The van der Waals surface area contributed by atoms with Crippen molar-refractivity contribution in [3.05, 3.63) is 23.2 Å². The van der Waals surface area contributed by atoms with Gasteiger partial charge in [-0.1, -0.05) is 24.4 Å². The number of benzene rings is 1. The van der Waals surface area contributed by atoms with Gasteiger partial charge in [-0.15, -0.1) is 0 Å². The highest BCUT2D eigenvalue weighted by Crippen LogP contribution is 2.25. The highest BCUT2D eigenvalue weighted by atomic mass is 35.5. The van der Waals surface area contributed by atoms with Crippen LogP contribution in [0.4, 0.5) is 11.4 Å². The summed E-state index contributed by atoms with van der Waals surface area (Å²) >= 11 is 5.97. The molecule has 104 valence electrons. The van der Waals surface area contributed by atoms with E-state index in [1.807, 2.05) is 0 Å². The molecule has 19 heavy (non-hydrogen) atoms. The van der Waals surface area contributed by atoms with Gasteiger partial charge in [-0.05, 0) is 37.0 Å². The minimum Gasteiger partial charge on any atom is -0.399 e. The third-order valence-electron chi connectivity index (χ3n) is 3.33. The predicted octanol–water partition coefficient (Wildman–Crippen LogP) is 3.07. The van der Waals surface area contributed by atoms with Crippen molar-refractivity contribution in [2.24, 2.45) is 5.92 Å². The second-order valence-corrected chi connectivity index (χ2v) is 5.36. The zero-order valence-corrected chi connectivity index (χ0v) is 11.6. The van der Waals surface area contributed by atoms with Gasteiger partial charge in [0.05, 0.1) is 17.3 Å². The number of hydrogen-bond acceptors (Lipinski definition) is 3. The van der Waals surface area contributed by atoms with Crippen LogP contribution in [0.5, 0.6) is 0 Å². The summed E-state index contributed by atoms with van der Waals surface area (Å²) < 4.78 is 5.44. The quantitative estimate of drug-likeness (QED) is 0.816. The lowest BCUT2D eigenvalue weighted by Gasteiger charge is -2.11. The molecule has 1 aliphatic rings. The maximum atomic E-state index is 11.7. The zero-order chi connectivity index (χ0) is 13.7. The first-order valence-corrected chi connectivity index (χ1v) is 6.95. The Labute approximate surface area is 118 Å². The minimum absolute atomic E-state index is 0.0572. The molecule has 0 aromatic heterocycles. The fourth-order valence-electron chi connectivity index (χ4n) is 2.32. The summed E-state index contributed by atoms with van der Waals surface area (Å²) in [6.45, 7) is 0.722. The average Bonchev–Trinajstić information content (AvgIpc) is 2.87. The Hall–Kier alpha value is -1.26. The lowest BCUT2D eigenvalue weighted by Crippen LogP contribution is -2.20. The van der Waals surface area contributed by atoms with Gasteiger partial charge < -0.3 is 15.8 Å². The first-order valence-electron chi connectivity index (χ1n) is 6.58. The van der Waals surface area contributed by atoms with Gasteiger partial charge in [0.15, 0.2) is 0 Å². The molecule has 2 rings (SSSR count). The summed E-state index contributed by atoms with van der Waals surface area (Å²) in [6.07, 6.45) is 4.98. The smallest absolute Gasteiger partial charge is 0.250 e. The van der Waals surface area contributed by atoms with Crippen molar-refractivity contribution in [1.82, 2.24) is 0 Å². The van der Waals surface area contributed by atoms with E-state index in [1.165, 1.54) is 25.7 Å². The SMILES string of the molecule is Nc1ccc(Cl)c(NC(=O)COCC2CCCC2)c1. The number of ether oxygens (including phenoxy) is 1. The second-order valence-electron chi connectivity index (χ2n) is 4.95. The molecule has 1 fully saturated rings. The molecular formula is C14H19ClN2O2. The second kappa shape index (κ2) is 6.78. The van der Waals surface area contributed by atoms with E-state index in [-0.39, 0.29) is 12.5 Å². The van der Waals surface area contributed by atoms with Crippen molar-refractivity contribution in [1.29, 1.82) is 0 Å². The largest absolute Gasteiger partial charge is 0.399 e. The Bertz CT molecular complexity index is 445. The van der Waals surface area contributed by atoms with E-state index in [1.54, 1.807) is 18.2 Å². The number of hydrogen-bond donors (Lipinski definition) is 2. The first kappa shape index (κ1) is 14.2. The van der Waals surface area contributed by atoms with E-state index in [2.05, 4.69) is 5.32 Å². The lowest BCUT2D eigenvalue weighted by molar-refractivity contribution is -0.121. The van der Waals surface area contributed by atoms with E-state index in [9.17, 15) is 4.79 Å². The molecule has 0 atom stereocenters. The molecule has 4 nitrogen and oxygen atoms in total. The molecule has 1 aromatic rings. The molecule has 1 aromatic carbocycles. The fourth-order valence-corrected chi connectivity index (χ4v) is 2.49. The molecule has 5 heteroatoms. The summed E-state index contributed by atoms with van der Waals surface area (Å²) in [5, 5.41) is 3.17. The summed E-state index contributed by atoms with van der Waals surface area (Å²) in [6, 6.07) is 4.98. The number of nitrogen functional groups attached to an aromatic ring is 1. The average molecular weight is 283 g/mol. The van der Waals surface area contributed by atoms with Gasteiger partial charge in [-0.25, -0.2) is 0 Å². The number of rotatable bonds is 5. The van der Waals surface area contributed by atoms with E-state index in [0.29, 0.717) is 28.9 Å². The van der Waals surface area contributed by atoms with Crippen LogP contribution in [0.15, 0.2) is 18.2 Å². The van der Waals surface area contributed by atoms with Gasteiger partial charge in [-0.3, -0.25) is 4.79 Å². The van der Waals surface area contributed by atoms with Gasteiger partial charge in [0.1, 0.15) is 6.61 Å². The van der Waals surface area contributed by atoms with Gasteiger partial charge in [0.25, 0.3) is 0 Å². The molecule has 1 amide bonds. The van der Waals surface area contributed by atoms with Crippen LogP contribution in [0.2, 0.25) is 5.02 Å². The number of carbonyl (C=O) groups is 1. The summed E-state index contributed by atoms with van der Waals surface area (Å²) in [4.78, 5) is 11.7. The van der Waals surface area contributed by atoms with Gasteiger partial charge >= 0.3 is 0 Å². The van der Waals surface area contributed by atoms with Crippen LogP contribution < -0.4 is 11.1 Å². The van der Waals surface area contributed by atoms with Crippen molar-refractivity contribution < 1.29 is 9.53 Å². The standard InChI is InChI=1S/C14H19ClN2O2/c15-12-6-5-11(16)7-13(12)17-14(18)9-19-8-10-3-1-2-4-10/h5-7,10H,1-4,8-9,16H2,(H,17,18). The zero-order valence-electron chi connectivity index (χ0n) is 10.8. The third-order valence-corrected chi connectivity index (χ3v) is 3.66. The highest BCUT2D eigenvalue weighted by Gasteiger charge is 2.15. The Morgan fingerprint density at radius 3 is 2.89 bits per heavy atom. The van der Waals surface area contributed by atoms with Crippen LogP contribution in [-0.4, -0.2) is 19.1 Å². The van der Waals surface area contributed by atoms with Crippen molar-refractivity contribution in [2.45, 2.75) is 25.7 Å². The molecule has 1 saturated carbocycles. The Balaban J connectivity index is 1.75. The van der Waals surface area contributed by atoms with Gasteiger partial charge in [-0.2, -0.15) is 0 Å². The summed E-state index contributed by atoms with van der Waals surface area (Å²) in [5.41, 5.74) is 6.73. The molecule has 0 saturated heterocycles. The molecule has 0 heterocycles. The lowest BCUT2D eigenvalue weighted by atomic mass is 10.1. The Morgan fingerprint density at radius 2 is 2.16 bits per heavy atom. The molecule has 0 aliphatic heterocycles. The topological polar surface area (TPSA) is 64.3 Å². The fraction of sp³-hybridized carbons (Fsp3) is 0.500. The maximum absolute atomic E-state index is 11.7. The van der Waals surface area contributed by atoms with Crippen molar-refractivity contribution in [2.75, 3.05) is 24.3 Å². The molecule has 0 radical (unpaired) electrons. The highest BCUT2D eigenvalue weighted by molar-refractivity contribution is 6.33. The van der Waals surface area contributed by atoms with E-state index < -0.39 is 0 Å². The maximum Gasteiger partial charge on any atom is 0.250 e. The van der Waals surface area contributed by atoms with Crippen LogP contribution in [0.1, 0.15) is 25.7 Å². The van der Waals surface area contributed by atoms with Crippen LogP contribution in [0, 0.1) is 5.92 Å². The number of amides is 1. The van der Waals surface area contributed by atoms with Crippen molar-refractivity contribution in [3.63, 3.8) is 0 Å². The monoisotopic (exact) mass is 282 g/mol. The number of carbonyl (C=O) groups excluding carboxylic acids is 1. The number of nitrogens with two attached hydrogens (primary N) is 1. The molecule has 0 unspecified atom stereocenters. The van der Waals surface area contributed by atoms with Crippen LogP contribution in [-0.2, 0) is 9.53 Å². The number of halogens is 1. The predicted molar refractivity (Wildman–Crippen MR) is 77.3 cm³/mol. The van der Waals surface area contributed by atoms with Crippen LogP contribution >= 0.6 is 11.6 Å². The van der Waals surface area contributed by atoms with Crippen molar-refractivity contribution >= 4 is 28.9 Å². The first-order chi connectivity index (χ1) is 9.15. The minimum atomic E-state index is -0.203. The summed E-state index contributed by atoms with van der Waals surface area (Å²) in [5.74, 6) is 0.411. The molecular weight excluding hydrogens is 264 g/mol. The van der Waals surface area contributed by atoms with E-state index >= 15 is 0 Å².